The number of aryl methyl sites for hydroxylation is 1. The monoisotopic (exact) mass is 391 g/mol. The number of rotatable bonds is 4. The maximum Gasteiger partial charge on any atom is 0.351 e. The zero-order valence-electron chi connectivity index (χ0n) is 15.9. The van der Waals surface area contributed by atoms with Gasteiger partial charge in [0, 0.05) is 30.6 Å². The van der Waals surface area contributed by atoms with E-state index < -0.39 is 0 Å². The van der Waals surface area contributed by atoms with Crippen LogP contribution in [0.4, 0.5) is 0 Å². The Kier molecular flexibility index (Phi) is 4.83. The highest BCUT2D eigenvalue weighted by atomic mass is 16.6. The van der Waals surface area contributed by atoms with E-state index in [0.29, 0.717) is 38.9 Å². The normalized spacial score (nSPS) is 18.0. The standard InChI is InChI=1S/C22H21N3O4/c26-22-24-21(29-14-18-13-27-9-10-28-18)12-20-19-2-1-16(15-3-6-23-7-4-15)11-17(19)5-8-25(20)22/h1-4,6-7,11-12,18H,5,8-10,13-14H2. The number of fused-ring (bicyclic) bond motifs is 3. The smallest absolute Gasteiger partial charge is 0.351 e. The van der Waals surface area contributed by atoms with Crippen LogP contribution in [-0.4, -0.2) is 47.1 Å². The van der Waals surface area contributed by atoms with Crippen molar-refractivity contribution in [3.8, 4) is 28.3 Å². The first-order chi connectivity index (χ1) is 14.3. The first-order valence-corrected chi connectivity index (χ1v) is 9.76. The fourth-order valence-electron chi connectivity index (χ4n) is 3.82. The van der Waals surface area contributed by atoms with Crippen molar-refractivity contribution in [2.75, 3.05) is 26.4 Å². The molecule has 0 spiro atoms. The van der Waals surface area contributed by atoms with E-state index in [2.05, 4.69) is 28.2 Å². The van der Waals surface area contributed by atoms with Gasteiger partial charge in [0.15, 0.2) is 0 Å². The van der Waals surface area contributed by atoms with Gasteiger partial charge in [0.1, 0.15) is 12.7 Å². The quantitative estimate of drug-likeness (QED) is 0.680. The molecule has 2 aliphatic heterocycles. The molecule has 0 aliphatic carbocycles. The minimum absolute atomic E-state index is 0.139. The van der Waals surface area contributed by atoms with Crippen LogP contribution < -0.4 is 10.4 Å². The molecule has 1 atom stereocenters. The third kappa shape index (κ3) is 3.66. The van der Waals surface area contributed by atoms with Crippen LogP contribution in [0.2, 0.25) is 0 Å². The van der Waals surface area contributed by atoms with Gasteiger partial charge in [-0.15, -0.1) is 0 Å². The lowest BCUT2D eigenvalue weighted by molar-refractivity contribution is -0.102. The van der Waals surface area contributed by atoms with Gasteiger partial charge in [-0.3, -0.25) is 9.55 Å². The van der Waals surface area contributed by atoms with E-state index in [1.807, 2.05) is 18.2 Å². The van der Waals surface area contributed by atoms with Crippen molar-refractivity contribution in [1.82, 2.24) is 14.5 Å². The van der Waals surface area contributed by atoms with Crippen molar-refractivity contribution >= 4 is 0 Å². The number of ether oxygens (including phenoxy) is 3. The predicted molar refractivity (Wildman–Crippen MR) is 107 cm³/mol. The van der Waals surface area contributed by atoms with Crippen molar-refractivity contribution in [3.63, 3.8) is 0 Å². The number of hydrogen-bond donors (Lipinski definition) is 0. The van der Waals surface area contributed by atoms with Gasteiger partial charge in [0.25, 0.3) is 0 Å². The molecule has 5 rings (SSSR count). The molecule has 1 saturated heterocycles. The van der Waals surface area contributed by atoms with E-state index in [1.165, 1.54) is 5.56 Å². The summed E-state index contributed by atoms with van der Waals surface area (Å²) in [4.78, 5) is 20.7. The highest BCUT2D eigenvalue weighted by molar-refractivity contribution is 5.73. The van der Waals surface area contributed by atoms with Crippen LogP contribution in [0.1, 0.15) is 5.56 Å². The van der Waals surface area contributed by atoms with Crippen LogP contribution in [0.3, 0.4) is 0 Å². The first kappa shape index (κ1) is 18.0. The summed E-state index contributed by atoms with van der Waals surface area (Å²) in [6, 6.07) is 12.2. The minimum atomic E-state index is -0.290. The van der Waals surface area contributed by atoms with Crippen molar-refractivity contribution in [2.45, 2.75) is 19.1 Å². The summed E-state index contributed by atoms with van der Waals surface area (Å²) in [5, 5.41) is 0. The highest BCUT2D eigenvalue weighted by Gasteiger charge is 2.21. The molecule has 2 aromatic heterocycles. The molecule has 1 unspecified atom stereocenters. The van der Waals surface area contributed by atoms with Gasteiger partial charge in [0.05, 0.1) is 25.5 Å². The molecular weight excluding hydrogens is 370 g/mol. The SMILES string of the molecule is O=c1nc(OCC2COCCO2)cc2n1CCc1cc(-c3ccncc3)ccc1-2. The van der Waals surface area contributed by atoms with Crippen molar-refractivity contribution in [2.24, 2.45) is 0 Å². The first-order valence-electron chi connectivity index (χ1n) is 9.76. The second-order valence-corrected chi connectivity index (χ2v) is 7.15. The molecule has 0 radical (unpaired) electrons. The predicted octanol–water partition coefficient (Wildman–Crippen LogP) is 2.32. The number of pyridine rings is 1. The Balaban J connectivity index is 1.45. The lowest BCUT2D eigenvalue weighted by Gasteiger charge is -2.24. The molecule has 7 nitrogen and oxygen atoms in total. The van der Waals surface area contributed by atoms with E-state index in [-0.39, 0.29) is 11.8 Å². The third-order valence-corrected chi connectivity index (χ3v) is 5.29. The second kappa shape index (κ2) is 7.77. The second-order valence-electron chi connectivity index (χ2n) is 7.15. The number of hydrogen-bond acceptors (Lipinski definition) is 6. The van der Waals surface area contributed by atoms with Gasteiger partial charge in [-0.05, 0) is 35.2 Å². The summed E-state index contributed by atoms with van der Waals surface area (Å²) < 4.78 is 18.4. The van der Waals surface area contributed by atoms with Gasteiger partial charge >= 0.3 is 5.69 Å². The zero-order chi connectivity index (χ0) is 19.6. The van der Waals surface area contributed by atoms with Crippen molar-refractivity contribution < 1.29 is 14.2 Å². The largest absolute Gasteiger partial charge is 0.475 e. The Morgan fingerprint density at radius 1 is 1.10 bits per heavy atom. The molecule has 0 bridgehead atoms. The Hall–Kier alpha value is -3.03. The molecule has 0 N–H and O–H groups in total. The number of nitrogens with zero attached hydrogens (tertiary/aromatic N) is 3. The Labute approximate surface area is 167 Å². The molecule has 1 fully saturated rings. The van der Waals surface area contributed by atoms with E-state index in [4.69, 9.17) is 14.2 Å². The Morgan fingerprint density at radius 3 is 2.83 bits per heavy atom. The van der Waals surface area contributed by atoms with Crippen LogP contribution in [0.15, 0.2) is 53.6 Å². The number of benzene rings is 1. The maximum atomic E-state index is 12.5. The third-order valence-electron chi connectivity index (χ3n) is 5.29. The minimum Gasteiger partial charge on any atom is -0.475 e. The maximum absolute atomic E-state index is 12.5. The summed E-state index contributed by atoms with van der Waals surface area (Å²) in [6.07, 6.45) is 4.23. The van der Waals surface area contributed by atoms with Gasteiger partial charge in [-0.1, -0.05) is 18.2 Å². The summed E-state index contributed by atoms with van der Waals surface area (Å²) in [7, 11) is 0. The van der Waals surface area contributed by atoms with Crippen LogP contribution in [0.5, 0.6) is 5.88 Å². The molecule has 4 heterocycles. The molecule has 1 aromatic carbocycles. The van der Waals surface area contributed by atoms with Gasteiger partial charge in [0.2, 0.25) is 5.88 Å². The molecule has 3 aromatic rings. The Bertz CT molecular complexity index is 1080. The average Bonchev–Trinajstić information content (AvgIpc) is 2.78. The van der Waals surface area contributed by atoms with Gasteiger partial charge < -0.3 is 14.2 Å². The van der Waals surface area contributed by atoms with Crippen LogP contribution in [0, 0.1) is 0 Å². The summed E-state index contributed by atoms with van der Waals surface area (Å²) in [6.45, 7) is 2.57. The van der Waals surface area contributed by atoms with Gasteiger partial charge in [-0.2, -0.15) is 4.98 Å². The zero-order valence-corrected chi connectivity index (χ0v) is 15.9. The van der Waals surface area contributed by atoms with E-state index in [9.17, 15) is 4.79 Å². The molecule has 2 aliphatic rings. The molecular formula is C22H21N3O4. The van der Waals surface area contributed by atoms with Gasteiger partial charge in [-0.25, -0.2) is 4.79 Å². The number of aromatic nitrogens is 3. The van der Waals surface area contributed by atoms with Crippen molar-refractivity contribution in [1.29, 1.82) is 0 Å². The highest BCUT2D eigenvalue weighted by Crippen LogP contribution is 2.33. The fourth-order valence-corrected chi connectivity index (χ4v) is 3.82. The Morgan fingerprint density at radius 2 is 2.00 bits per heavy atom. The van der Waals surface area contributed by atoms with Crippen LogP contribution in [-0.2, 0) is 22.4 Å². The fraction of sp³-hybridized carbons (Fsp3) is 0.318. The lowest BCUT2D eigenvalue weighted by Crippen LogP contribution is -2.34. The van der Waals surface area contributed by atoms with E-state index >= 15 is 0 Å². The van der Waals surface area contributed by atoms with E-state index in [1.54, 1.807) is 17.0 Å². The van der Waals surface area contributed by atoms with Crippen LogP contribution >= 0.6 is 0 Å². The van der Waals surface area contributed by atoms with Crippen LogP contribution in [0.25, 0.3) is 22.4 Å². The topological polar surface area (TPSA) is 75.5 Å². The molecule has 0 saturated carbocycles. The molecule has 7 heteroatoms. The summed E-state index contributed by atoms with van der Waals surface area (Å²) in [5.41, 5.74) is 5.06. The molecule has 29 heavy (non-hydrogen) atoms. The molecule has 148 valence electrons. The van der Waals surface area contributed by atoms with E-state index in [0.717, 1.165) is 28.8 Å². The average molecular weight is 391 g/mol. The van der Waals surface area contributed by atoms with Crippen molar-refractivity contribution in [3.05, 3.63) is 64.8 Å². The molecule has 0 amide bonds. The lowest BCUT2D eigenvalue weighted by atomic mass is 9.93. The summed E-state index contributed by atoms with van der Waals surface area (Å²) >= 11 is 0. The summed E-state index contributed by atoms with van der Waals surface area (Å²) in [5.74, 6) is 0.321.